The maximum atomic E-state index is 12.5. The number of imidazole rings is 1. The topological polar surface area (TPSA) is 87.5 Å². The van der Waals surface area contributed by atoms with Crippen LogP contribution in [0.3, 0.4) is 0 Å². The van der Waals surface area contributed by atoms with E-state index < -0.39 is 10.0 Å². The number of fused-ring (bicyclic) bond motifs is 1. The molecule has 9 heteroatoms. The molecule has 1 amide bonds. The summed E-state index contributed by atoms with van der Waals surface area (Å²) >= 11 is 0. The number of aryl methyl sites for hydroxylation is 2. The van der Waals surface area contributed by atoms with Crippen LogP contribution in [0.15, 0.2) is 23.1 Å². The van der Waals surface area contributed by atoms with E-state index in [4.69, 9.17) is 4.98 Å². The van der Waals surface area contributed by atoms with E-state index >= 15 is 0 Å². The van der Waals surface area contributed by atoms with Crippen LogP contribution >= 0.6 is 0 Å². The summed E-state index contributed by atoms with van der Waals surface area (Å²) < 4.78 is 28.4. The zero-order valence-corrected chi connectivity index (χ0v) is 20.8. The molecule has 1 heterocycles. The minimum absolute atomic E-state index is 0.0195. The molecule has 1 aliphatic rings. The van der Waals surface area contributed by atoms with E-state index in [2.05, 4.69) is 35.7 Å². The van der Waals surface area contributed by atoms with Gasteiger partial charge in [0.15, 0.2) is 0 Å². The van der Waals surface area contributed by atoms with Crippen molar-refractivity contribution in [3.05, 3.63) is 24.0 Å². The molecule has 8 nitrogen and oxygen atoms in total. The molecule has 0 bridgehead atoms. The van der Waals surface area contributed by atoms with Gasteiger partial charge in [0.1, 0.15) is 5.82 Å². The number of hydrogen-bond acceptors (Lipinski definition) is 5. The summed E-state index contributed by atoms with van der Waals surface area (Å²) in [6, 6.07) is 6.08. The lowest BCUT2D eigenvalue weighted by molar-refractivity contribution is -0.121. The van der Waals surface area contributed by atoms with Crippen molar-refractivity contribution in [1.29, 1.82) is 0 Å². The lowest BCUT2D eigenvalue weighted by atomic mass is 10.2. The first-order valence-corrected chi connectivity index (χ1v) is 13.0. The van der Waals surface area contributed by atoms with Gasteiger partial charge >= 0.3 is 0 Å². The SMILES string of the molecule is CCCCn1c(CCC(=O)NCC(C)N(C)C2CC2)nc2cc(S(=O)(=O)N(C)C)ccc21. The van der Waals surface area contributed by atoms with Crippen LogP contribution in [0.2, 0.25) is 0 Å². The highest BCUT2D eigenvalue weighted by Crippen LogP contribution is 2.27. The summed E-state index contributed by atoms with van der Waals surface area (Å²) in [5, 5.41) is 3.05. The Balaban J connectivity index is 1.71. The van der Waals surface area contributed by atoms with Gasteiger partial charge in [0.25, 0.3) is 0 Å². The Bertz CT molecular complexity index is 1040. The van der Waals surface area contributed by atoms with Gasteiger partial charge in [-0.05, 0) is 51.4 Å². The molecule has 1 aliphatic carbocycles. The largest absolute Gasteiger partial charge is 0.355 e. The number of hydrogen-bond donors (Lipinski definition) is 1. The van der Waals surface area contributed by atoms with Crippen molar-refractivity contribution in [2.75, 3.05) is 27.7 Å². The van der Waals surface area contributed by atoms with Gasteiger partial charge in [-0.2, -0.15) is 0 Å². The molecule has 178 valence electrons. The third-order valence-electron chi connectivity index (χ3n) is 6.30. The molecule has 0 aliphatic heterocycles. The molecule has 1 fully saturated rings. The molecule has 1 unspecified atom stereocenters. The normalized spacial score (nSPS) is 15.6. The smallest absolute Gasteiger partial charge is 0.242 e. The second kappa shape index (κ2) is 10.3. The summed E-state index contributed by atoms with van der Waals surface area (Å²) in [5.74, 6) is 0.845. The van der Waals surface area contributed by atoms with Crippen LogP contribution in [0.1, 0.15) is 51.8 Å². The molecular weight excluding hydrogens is 426 g/mol. The Hall–Kier alpha value is -1.97. The van der Waals surface area contributed by atoms with E-state index in [1.807, 2.05) is 6.07 Å². The van der Waals surface area contributed by atoms with Crippen LogP contribution in [-0.2, 0) is 27.8 Å². The predicted octanol–water partition coefficient (Wildman–Crippen LogP) is 2.62. The van der Waals surface area contributed by atoms with E-state index in [0.717, 1.165) is 30.7 Å². The Kier molecular flexibility index (Phi) is 7.95. The molecule has 0 saturated heterocycles. The zero-order chi connectivity index (χ0) is 23.5. The minimum Gasteiger partial charge on any atom is -0.355 e. The molecule has 1 atom stereocenters. The first-order chi connectivity index (χ1) is 15.1. The molecule has 1 N–H and O–H groups in total. The number of sulfonamides is 1. The Morgan fingerprint density at radius 3 is 2.62 bits per heavy atom. The fourth-order valence-electron chi connectivity index (χ4n) is 3.85. The van der Waals surface area contributed by atoms with Crippen molar-refractivity contribution < 1.29 is 13.2 Å². The number of nitrogens with zero attached hydrogens (tertiary/aromatic N) is 4. The van der Waals surface area contributed by atoms with Crippen molar-refractivity contribution in [3.8, 4) is 0 Å². The lowest BCUT2D eigenvalue weighted by Crippen LogP contribution is -2.41. The standard InChI is InChI=1S/C23H37N5O3S/c1-6-7-14-28-21-11-10-19(32(30,31)26(3)4)15-20(21)25-22(28)12-13-23(29)24-16-17(2)27(5)18-8-9-18/h10-11,15,17-18H,6-9,12-14,16H2,1-5H3,(H,24,29). The van der Waals surface area contributed by atoms with Gasteiger partial charge in [0, 0.05) is 52.1 Å². The number of benzene rings is 1. The second-order valence-corrected chi connectivity index (χ2v) is 11.2. The molecule has 0 spiro atoms. The number of rotatable bonds is 12. The quantitative estimate of drug-likeness (QED) is 0.523. The third kappa shape index (κ3) is 5.68. The van der Waals surface area contributed by atoms with Crippen LogP contribution in [0.25, 0.3) is 11.0 Å². The summed E-state index contributed by atoms with van der Waals surface area (Å²) in [4.78, 5) is 19.8. The highest BCUT2D eigenvalue weighted by molar-refractivity contribution is 7.89. The molecule has 2 aromatic rings. The van der Waals surface area contributed by atoms with E-state index in [9.17, 15) is 13.2 Å². The van der Waals surface area contributed by atoms with Crippen molar-refractivity contribution in [2.45, 2.75) is 75.9 Å². The van der Waals surface area contributed by atoms with Gasteiger partial charge in [-0.1, -0.05) is 13.3 Å². The molecule has 3 rings (SSSR count). The number of amides is 1. The zero-order valence-electron chi connectivity index (χ0n) is 20.0. The van der Waals surface area contributed by atoms with Crippen molar-refractivity contribution in [2.24, 2.45) is 0 Å². The monoisotopic (exact) mass is 463 g/mol. The molecular formula is C23H37N5O3S. The number of carbonyl (C=O) groups is 1. The van der Waals surface area contributed by atoms with E-state index in [0.29, 0.717) is 37.0 Å². The maximum Gasteiger partial charge on any atom is 0.242 e. The number of nitrogens with one attached hydrogen (secondary N) is 1. The molecule has 32 heavy (non-hydrogen) atoms. The Morgan fingerprint density at radius 2 is 2.00 bits per heavy atom. The van der Waals surface area contributed by atoms with Gasteiger partial charge in [0.05, 0.1) is 15.9 Å². The van der Waals surface area contributed by atoms with Gasteiger partial charge in [0.2, 0.25) is 15.9 Å². The molecule has 1 aromatic carbocycles. The molecule has 1 saturated carbocycles. The van der Waals surface area contributed by atoms with Crippen LogP contribution < -0.4 is 5.32 Å². The average Bonchev–Trinajstić information content (AvgIpc) is 3.55. The number of carbonyl (C=O) groups excluding carboxylic acids is 1. The fourth-order valence-corrected chi connectivity index (χ4v) is 4.77. The Labute approximate surface area is 192 Å². The fraction of sp³-hybridized carbons (Fsp3) is 0.652. The van der Waals surface area contributed by atoms with E-state index in [1.54, 1.807) is 12.1 Å². The van der Waals surface area contributed by atoms with Crippen LogP contribution in [0.4, 0.5) is 0 Å². The molecule has 1 aromatic heterocycles. The van der Waals surface area contributed by atoms with Gasteiger partial charge in [-0.15, -0.1) is 0 Å². The van der Waals surface area contributed by atoms with Crippen molar-refractivity contribution in [3.63, 3.8) is 0 Å². The van der Waals surface area contributed by atoms with E-state index in [-0.39, 0.29) is 10.8 Å². The second-order valence-electron chi connectivity index (χ2n) is 9.02. The Morgan fingerprint density at radius 1 is 1.28 bits per heavy atom. The van der Waals surface area contributed by atoms with Crippen LogP contribution in [-0.4, -0.2) is 72.9 Å². The van der Waals surface area contributed by atoms with Gasteiger partial charge < -0.3 is 9.88 Å². The highest BCUT2D eigenvalue weighted by Gasteiger charge is 2.29. The number of likely N-dealkylation sites (N-methyl/N-ethyl adjacent to an activating group) is 1. The minimum atomic E-state index is -3.52. The first kappa shape index (κ1) is 24.7. The predicted molar refractivity (Wildman–Crippen MR) is 127 cm³/mol. The van der Waals surface area contributed by atoms with Crippen molar-refractivity contribution in [1.82, 2.24) is 24.1 Å². The van der Waals surface area contributed by atoms with Gasteiger partial charge in [-0.3, -0.25) is 9.69 Å². The lowest BCUT2D eigenvalue weighted by Gasteiger charge is -2.24. The van der Waals surface area contributed by atoms with Crippen LogP contribution in [0.5, 0.6) is 0 Å². The first-order valence-electron chi connectivity index (χ1n) is 11.6. The maximum absolute atomic E-state index is 12.5. The number of aromatic nitrogens is 2. The van der Waals surface area contributed by atoms with Crippen molar-refractivity contribution >= 4 is 27.0 Å². The van der Waals surface area contributed by atoms with Crippen LogP contribution in [0, 0.1) is 0 Å². The summed E-state index contributed by atoms with van der Waals surface area (Å²) in [5.41, 5.74) is 1.56. The summed E-state index contributed by atoms with van der Waals surface area (Å²) in [7, 11) is 1.64. The van der Waals surface area contributed by atoms with Gasteiger partial charge in [-0.25, -0.2) is 17.7 Å². The summed E-state index contributed by atoms with van der Waals surface area (Å²) in [6.45, 7) is 5.72. The summed E-state index contributed by atoms with van der Waals surface area (Å²) in [6.07, 6.45) is 5.41. The van der Waals surface area contributed by atoms with E-state index in [1.165, 1.54) is 31.2 Å². The number of unbranched alkanes of at least 4 members (excludes halogenated alkanes) is 1. The highest BCUT2D eigenvalue weighted by atomic mass is 32.2. The average molecular weight is 464 g/mol. The molecule has 0 radical (unpaired) electrons. The third-order valence-corrected chi connectivity index (χ3v) is 8.11.